The number of carbonyl (C=O) groups excluding carboxylic acids is 3. The molecule has 0 aliphatic rings. The van der Waals surface area contributed by atoms with E-state index in [0.29, 0.717) is 19.3 Å². The maximum Gasteiger partial charge on any atom is 0.306 e. The maximum absolute atomic E-state index is 12.9. The molecule has 0 aliphatic carbocycles. The fraction of sp³-hybridized carbons (Fsp3) is 0.727. The van der Waals surface area contributed by atoms with Gasteiger partial charge in [0.25, 0.3) is 0 Å². The van der Waals surface area contributed by atoms with Crippen LogP contribution in [0.15, 0.2) is 109 Å². The number of hydrogen-bond donors (Lipinski definition) is 0. The van der Waals surface area contributed by atoms with Gasteiger partial charge in [-0.25, -0.2) is 0 Å². The Bertz CT molecular complexity index is 1660. The Balaban J connectivity index is 4.23. The van der Waals surface area contributed by atoms with E-state index in [2.05, 4.69) is 130 Å². The molecule has 476 valence electrons. The normalized spacial score (nSPS) is 12.8. The van der Waals surface area contributed by atoms with Gasteiger partial charge in [0.1, 0.15) is 13.2 Å². The third-order valence-electron chi connectivity index (χ3n) is 15.3. The van der Waals surface area contributed by atoms with Gasteiger partial charge in [-0.1, -0.05) is 323 Å². The first-order valence-electron chi connectivity index (χ1n) is 35.4. The summed E-state index contributed by atoms with van der Waals surface area (Å²) >= 11 is 0. The van der Waals surface area contributed by atoms with Crippen LogP contribution in [-0.2, 0) is 28.6 Å². The van der Waals surface area contributed by atoms with Crippen molar-refractivity contribution < 1.29 is 28.6 Å². The standard InChI is InChI=1S/C77H132O6/c1-4-7-10-13-16-19-22-25-28-29-30-31-32-33-34-35-36-37-38-39-40-41-42-43-44-45-46-47-50-52-55-58-61-64-67-70-76(79)82-73-74(83-77(80)71-68-65-62-59-56-53-49-27-24-21-18-15-12-9-6-3)72-81-75(78)69-66-63-60-57-54-51-48-26-23-20-17-14-11-8-5-2/h7,10,16,19,25,27-28,30-31,33-34,36-37,39-40,42-43,49,74H,4-6,8-9,11-15,17-18,20-24,26,29,32,35,38,41,44-48,50-73H2,1-3H3/b10-7-,19-16-,28-25-,31-30-,34-33-,37-36-,40-39-,43-42-,49-27-. The van der Waals surface area contributed by atoms with Gasteiger partial charge in [-0.2, -0.15) is 0 Å². The van der Waals surface area contributed by atoms with Crippen LogP contribution >= 0.6 is 0 Å². The number of hydrogen-bond acceptors (Lipinski definition) is 6. The van der Waals surface area contributed by atoms with Crippen LogP contribution < -0.4 is 0 Å². The summed E-state index contributed by atoms with van der Waals surface area (Å²) in [4.78, 5) is 38.4. The van der Waals surface area contributed by atoms with Crippen LogP contribution in [0.25, 0.3) is 0 Å². The summed E-state index contributed by atoms with van der Waals surface area (Å²) in [6.45, 7) is 6.55. The Morgan fingerprint density at radius 2 is 0.470 bits per heavy atom. The molecule has 0 aliphatic heterocycles. The predicted octanol–water partition coefficient (Wildman–Crippen LogP) is 24.6. The molecule has 0 fully saturated rings. The zero-order valence-corrected chi connectivity index (χ0v) is 54.7. The number of unbranched alkanes of at least 4 members (excludes halogenated alkanes) is 35. The molecule has 0 saturated carbocycles. The van der Waals surface area contributed by atoms with E-state index in [-0.39, 0.29) is 31.1 Å². The monoisotopic (exact) mass is 1150 g/mol. The fourth-order valence-corrected chi connectivity index (χ4v) is 9.99. The zero-order valence-electron chi connectivity index (χ0n) is 54.7. The molecular weight excluding hydrogens is 1020 g/mol. The summed E-state index contributed by atoms with van der Waals surface area (Å²) in [7, 11) is 0. The number of rotatable bonds is 64. The van der Waals surface area contributed by atoms with Crippen molar-refractivity contribution in [3.63, 3.8) is 0 Å². The minimum atomic E-state index is -0.783. The quantitative estimate of drug-likeness (QED) is 0.0261. The van der Waals surface area contributed by atoms with Crippen LogP contribution in [-0.4, -0.2) is 37.2 Å². The second kappa shape index (κ2) is 70.6. The van der Waals surface area contributed by atoms with E-state index in [1.54, 1.807) is 0 Å². The first-order valence-corrected chi connectivity index (χ1v) is 35.4. The molecule has 0 aromatic heterocycles. The second-order valence-corrected chi connectivity index (χ2v) is 23.4. The molecule has 0 saturated heterocycles. The largest absolute Gasteiger partial charge is 0.462 e. The molecule has 0 heterocycles. The van der Waals surface area contributed by atoms with Gasteiger partial charge in [-0.05, 0) is 109 Å². The number of allylic oxidation sites excluding steroid dienone is 18. The van der Waals surface area contributed by atoms with Crippen LogP contribution in [0.3, 0.4) is 0 Å². The van der Waals surface area contributed by atoms with Gasteiger partial charge in [-0.15, -0.1) is 0 Å². The SMILES string of the molecule is CC/C=C\C/C=C\C/C=C\C/C=C\C/C=C\C/C=C\C/C=C\C/C=C\CCCCCCCCCCCCC(=O)OCC(COC(=O)CCCCCCCCCCCCCCCCC)OC(=O)CCCCCCC/C=C\CCCCCCCC. The summed E-state index contributed by atoms with van der Waals surface area (Å²) in [5.41, 5.74) is 0. The molecule has 0 N–H and O–H groups in total. The lowest BCUT2D eigenvalue weighted by Crippen LogP contribution is -2.30. The van der Waals surface area contributed by atoms with Gasteiger partial charge in [0, 0.05) is 19.3 Å². The van der Waals surface area contributed by atoms with Gasteiger partial charge in [0.05, 0.1) is 0 Å². The van der Waals surface area contributed by atoms with Crippen LogP contribution in [0.2, 0.25) is 0 Å². The molecule has 0 aromatic rings. The Morgan fingerprint density at radius 3 is 0.747 bits per heavy atom. The molecule has 0 aromatic carbocycles. The lowest BCUT2D eigenvalue weighted by molar-refractivity contribution is -0.167. The highest BCUT2D eigenvalue weighted by Gasteiger charge is 2.19. The molecule has 1 atom stereocenters. The van der Waals surface area contributed by atoms with Gasteiger partial charge in [0.15, 0.2) is 6.10 Å². The third kappa shape index (κ3) is 68.7. The molecule has 0 amide bonds. The molecule has 6 nitrogen and oxygen atoms in total. The van der Waals surface area contributed by atoms with Crippen LogP contribution in [0.5, 0.6) is 0 Å². The van der Waals surface area contributed by atoms with E-state index < -0.39 is 6.10 Å². The van der Waals surface area contributed by atoms with Crippen molar-refractivity contribution in [1.82, 2.24) is 0 Å². The third-order valence-corrected chi connectivity index (χ3v) is 15.3. The van der Waals surface area contributed by atoms with Crippen molar-refractivity contribution >= 4 is 17.9 Å². The minimum absolute atomic E-state index is 0.0782. The average Bonchev–Trinajstić information content (AvgIpc) is 3.49. The Hall–Kier alpha value is -3.93. The highest BCUT2D eigenvalue weighted by Crippen LogP contribution is 2.17. The number of esters is 3. The summed E-state index contributed by atoms with van der Waals surface area (Å²) in [5.74, 6) is -0.876. The van der Waals surface area contributed by atoms with Crippen molar-refractivity contribution in [3.8, 4) is 0 Å². The molecule has 1 unspecified atom stereocenters. The van der Waals surface area contributed by atoms with E-state index in [9.17, 15) is 14.4 Å². The van der Waals surface area contributed by atoms with E-state index in [4.69, 9.17) is 14.2 Å². The molecule has 83 heavy (non-hydrogen) atoms. The molecule has 0 spiro atoms. The molecular formula is C77H132O6. The summed E-state index contributed by atoms with van der Waals surface area (Å²) in [5, 5.41) is 0. The Morgan fingerprint density at radius 1 is 0.253 bits per heavy atom. The highest BCUT2D eigenvalue weighted by molar-refractivity contribution is 5.71. The van der Waals surface area contributed by atoms with Gasteiger partial charge in [0.2, 0.25) is 0 Å². The number of ether oxygens (including phenoxy) is 3. The van der Waals surface area contributed by atoms with Crippen molar-refractivity contribution in [2.75, 3.05) is 13.2 Å². The van der Waals surface area contributed by atoms with Gasteiger partial charge < -0.3 is 14.2 Å². The smallest absolute Gasteiger partial charge is 0.306 e. The molecule has 0 rings (SSSR count). The molecule has 0 bridgehead atoms. The average molecular weight is 1150 g/mol. The Labute approximate surface area is 514 Å². The van der Waals surface area contributed by atoms with Gasteiger partial charge >= 0.3 is 17.9 Å². The van der Waals surface area contributed by atoms with Gasteiger partial charge in [-0.3, -0.25) is 14.4 Å². The van der Waals surface area contributed by atoms with Crippen LogP contribution in [0.4, 0.5) is 0 Å². The lowest BCUT2D eigenvalue weighted by Gasteiger charge is -2.18. The Kier molecular flexibility index (Phi) is 67.2. The molecule has 6 heteroatoms. The second-order valence-electron chi connectivity index (χ2n) is 23.4. The van der Waals surface area contributed by atoms with Crippen LogP contribution in [0.1, 0.15) is 342 Å². The van der Waals surface area contributed by atoms with Crippen molar-refractivity contribution in [2.24, 2.45) is 0 Å². The van der Waals surface area contributed by atoms with E-state index in [1.807, 2.05) is 0 Å². The van der Waals surface area contributed by atoms with Crippen molar-refractivity contribution in [1.29, 1.82) is 0 Å². The first kappa shape index (κ1) is 79.1. The summed E-state index contributed by atoms with van der Waals surface area (Å²) in [6.07, 6.45) is 96.8. The number of carbonyl (C=O) groups is 3. The highest BCUT2D eigenvalue weighted by atomic mass is 16.6. The summed E-state index contributed by atoms with van der Waals surface area (Å²) in [6, 6.07) is 0. The van der Waals surface area contributed by atoms with Crippen LogP contribution in [0, 0.1) is 0 Å². The van der Waals surface area contributed by atoms with E-state index in [0.717, 1.165) is 122 Å². The van der Waals surface area contributed by atoms with E-state index >= 15 is 0 Å². The van der Waals surface area contributed by atoms with Crippen molar-refractivity contribution in [2.45, 2.75) is 348 Å². The van der Waals surface area contributed by atoms with E-state index in [1.165, 1.54) is 180 Å². The van der Waals surface area contributed by atoms with Crippen molar-refractivity contribution in [3.05, 3.63) is 109 Å². The maximum atomic E-state index is 12.9. The minimum Gasteiger partial charge on any atom is -0.462 e. The lowest BCUT2D eigenvalue weighted by atomic mass is 10.0. The topological polar surface area (TPSA) is 78.9 Å². The summed E-state index contributed by atoms with van der Waals surface area (Å²) < 4.78 is 17.0. The zero-order chi connectivity index (χ0) is 59.9. The molecule has 0 radical (unpaired) electrons. The first-order chi connectivity index (χ1) is 41.0. The fourth-order valence-electron chi connectivity index (χ4n) is 9.99. The predicted molar refractivity (Wildman–Crippen MR) is 362 cm³/mol.